The average Bonchev–Trinajstić information content (AvgIpc) is 3.27. The lowest BCUT2D eigenvalue weighted by atomic mass is 10.1. The minimum Gasteiger partial charge on any atom is -0.355 e. The van der Waals surface area contributed by atoms with Crippen molar-refractivity contribution in [2.75, 3.05) is 26.2 Å². The van der Waals surface area contributed by atoms with Crippen LogP contribution in [0.3, 0.4) is 0 Å². The van der Waals surface area contributed by atoms with Crippen LogP contribution in [-0.2, 0) is 0 Å². The van der Waals surface area contributed by atoms with E-state index < -0.39 is 0 Å². The Balaban J connectivity index is 1.41. The second-order valence-electron chi connectivity index (χ2n) is 5.95. The van der Waals surface area contributed by atoms with E-state index in [-0.39, 0.29) is 5.91 Å². The molecule has 5 nitrogen and oxygen atoms in total. The molecule has 1 amide bonds. The Morgan fingerprint density at radius 3 is 2.74 bits per heavy atom. The summed E-state index contributed by atoms with van der Waals surface area (Å²) in [6.45, 7) is 4.28. The van der Waals surface area contributed by atoms with Gasteiger partial charge in [0.05, 0.1) is 0 Å². The van der Waals surface area contributed by atoms with Gasteiger partial charge in [-0.05, 0) is 45.3 Å². The molecule has 3 rings (SSSR count). The maximum absolute atomic E-state index is 12.1. The van der Waals surface area contributed by atoms with Crippen molar-refractivity contribution in [1.82, 2.24) is 15.4 Å². The molecule has 1 aromatic carbocycles. The van der Waals surface area contributed by atoms with Crippen LogP contribution in [0.15, 0.2) is 40.9 Å². The fourth-order valence-electron chi connectivity index (χ4n) is 2.88. The summed E-state index contributed by atoms with van der Waals surface area (Å²) in [5.74, 6) is 0.446. The van der Waals surface area contributed by atoms with Crippen LogP contribution in [0.2, 0.25) is 0 Å². The second-order valence-corrected chi connectivity index (χ2v) is 5.95. The molecule has 1 aromatic heterocycles. The van der Waals surface area contributed by atoms with Gasteiger partial charge in [-0.3, -0.25) is 4.79 Å². The Labute approximate surface area is 136 Å². The van der Waals surface area contributed by atoms with E-state index in [4.69, 9.17) is 4.52 Å². The molecule has 0 saturated carbocycles. The summed E-state index contributed by atoms with van der Waals surface area (Å²) in [6, 6.07) is 11.3. The molecule has 0 aliphatic carbocycles. The standard InChI is InChI=1S/C18H23N3O2/c22-18(19-10-4-5-11-21-12-6-7-13-21)16-14-17(23-20-16)15-8-2-1-3-9-15/h1-3,8-9,14H,4-7,10-13H2,(H,19,22). The summed E-state index contributed by atoms with van der Waals surface area (Å²) in [6.07, 6.45) is 4.76. The SMILES string of the molecule is O=C(NCCCCN1CCCC1)c1cc(-c2ccccc2)on1. The van der Waals surface area contributed by atoms with Crippen molar-refractivity contribution in [1.29, 1.82) is 0 Å². The largest absolute Gasteiger partial charge is 0.355 e. The van der Waals surface area contributed by atoms with Crippen molar-refractivity contribution in [3.63, 3.8) is 0 Å². The number of benzene rings is 1. The Morgan fingerprint density at radius 2 is 1.96 bits per heavy atom. The molecular weight excluding hydrogens is 290 g/mol. The van der Waals surface area contributed by atoms with Crippen LogP contribution >= 0.6 is 0 Å². The van der Waals surface area contributed by atoms with E-state index in [2.05, 4.69) is 15.4 Å². The van der Waals surface area contributed by atoms with Crippen LogP contribution in [0.25, 0.3) is 11.3 Å². The van der Waals surface area contributed by atoms with Gasteiger partial charge in [0.2, 0.25) is 0 Å². The highest BCUT2D eigenvalue weighted by Gasteiger charge is 2.13. The van der Waals surface area contributed by atoms with Gasteiger partial charge >= 0.3 is 0 Å². The van der Waals surface area contributed by atoms with Crippen molar-refractivity contribution < 1.29 is 9.32 Å². The predicted octanol–water partition coefficient (Wildman–Crippen LogP) is 2.95. The maximum atomic E-state index is 12.1. The Morgan fingerprint density at radius 1 is 1.17 bits per heavy atom. The van der Waals surface area contributed by atoms with Crippen LogP contribution in [0, 0.1) is 0 Å². The van der Waals surface area contributed by atoms with E-state index >= 15 is 0 Å². The highest BCUT2D eigenvalue weighted by atomic mass is 16.5. The van der Waals surface area contributed by atoms with Crippen molar-refractivity contribution in [2.45, 2.75) is 25.7 Å². The summed E-state index contributed by atoms with van der Waals surface area (Å²) in [5.41, 5.74) is 1.26. The number of nitrogens with one attached hydrogen (secondary N) is 1. The van der Waals surface area contributed by atoms with E-state index in [0.29, 0.717) is 18.0 Å². The minimum absolute atomic E-state index is 0.169. The van der Waals surface area contributed by atoms with E-state index in [0.717, 1.165) is 24.9 Å². The molecule has 0 unspecified atom stereocenters. The van der Waals surface area contributed by atoms with Crippen LogP contribution in [-0.4, -0.2) is 42.1 Å². The number of rotatable bonds is 7. The predicted molar refractivity (Wildman–Crippen MR) is 89.2 cm³/mol. The fourth-order valence-corrected chi connectivity index (χ4v) is 2.88. The first kappa shape index (κ1) is 15.7. The molecule has 1 aliphatic heterocycles. The number of carbonyl (C=O) groups excluding carboxylic acids is 1. The van der Waals surface area contributed by atoms with Gasteiger partial charge in [-0.1, -0.05) is 35.5 Å². The minimum atomic E-state index is -0.169. The molecule has 0 atom stereocenters. The number of unbranched alkanes of at least 4 members (excludes halogenated alkanes) is 1. The van der Waals surface area contributed by atoms with Gasteiger partial charge in [0.15, 0.2) is 11.5 Å². The van der Waals surface area contributed by atoms with E-state index in [1.54, 1.807) is 6.07 Å². The molecule has 5 heteroatoms. The average molecular weight is 313 g/mol. The lowest BCUT2D eigenvalue weighted by molar-refractivity contribution is 0.0943. The number of nitrogens with zero attached hydrogens (tertiary/aromatic N) is 2. The lowest BCUT2D eigenvalue weighted by Gasteiger charge is -2.13. The molecule has 0 spiro atoms. The Bertz CT molecular complexity index is 618. The van der Waals surface area contributed by atoms with E-state index in [9.17, 15) is 4.79 Å². The third-order valence-electron chi connectivity index (χ3n) is 4.19. The molecule has 23 heavy (non-hydrogen) atoms. The quantitative estimate of drug-likeness (QED) is 0.799. The molecule has 0 bridgehead atoms. The number of hydrogen-bond acceptors (Lipinski definition) is 4. The molecule has 2 heterocycles. The van der Waals surface area contributed by atoms with Crippen molar-refractivity contribution in [3.8, 4) is 11.3 Å². The third-order valence-corrected chi connectivity index (χ3v) is 4.19. The number of aromatic nitrogens is 1. The zero-order valence-corrected chi connectivity index (χ0v) is 13.3. The molecule has 1 N–H and O–H groups in total. The smallest absolute Gasteiger partial charge is 0.273 e. The van der Waals surface area contributed by atoms with Gasteiger partial charge in [-0.2, -0.15) is 0 Å². The molecular formula is C18H23N3O2. The van der Waals surface area contributed by atoms with Crippen LogP contribution in [0.4, 0.5) is 0 Å². The van der Waals surface area contributed by atoms with Gasteiger partial charge in [-0.15, -0.1) is 0 Å². The first-order valence-corrected chi connectivity index (χ1v) is 8.35. The number of amides is 1. The number of carbonyl (C=O) groups is 1. The second kappa shape index (κ2) is 7.92. The monoisotopic (exact) mass is 313 g/mol. The highest BCUT2D eigenvalue weighted by Crippen LogP contribution is 2.19. The summed E-state index contributed by atoms with van der Waals surface area (Å²) in [5, 5.41) is 6.77. The zero-order chi connectivity index (χ0) is 15.9. The first-order chi connectivity index (χ1) is 11.3. The molecule has 1 aliphatic rings. The zero-order valence-electron chi connectivity index (χ0n) is 13.3. The molecule has 1 saturated heterocycles. The molecule has 122 valence electrons. The van der Waals surface area contributed by atoms with E-state index in [1.165, 1.54) is 25.9 Å². The Hall–Kier alpha value is -2.14. The molecule has 0 radical (unpaired) electrons. The van der Waals surface area contributed by atoms with E-state index in [1.807, 2.05) is 30.3 Å². The third kappa shape index (κ3) is 4.42. The summed E-state index contributed by atoms with van der Waals surface area (Å²) in [7, 11) is 0. The molecule has 1 fully saturated rings. The summed E-state index contributed by atoms with van der Waals surface area (Å²) >= 11 is 0. The number of hydrogen-bond donors (Lipinski definition) is 1. The van der Waals surface area contributed by atoms with Gasteiger partial charge in [0, 0.05) is 18.2 Å². The topological polar surface area (TPSA) is 58.4 Å². The summed E-state index contributed by atoms with van der Waals surface area (Å²) < 4.78 is 5.25. The number of likely N-dealkylation sites (tertiary alicyclic amines) is 1. The van der Waals surface area contributed by atoms with Gasteiger partial charge in [0.25, 0.3) is 5.91 Å². The van der Waals surface area contributed by atoms with Crippen LogP contribution < -0.4 is 5.32 Å². The lowest BCUT2D eigenvalue weighted by Crippen LogP contribution is -2.26. The summed E-state index contributed by atoms with van der Waals surface area (Å²) in [4.78, 5) is 14.6. The maximum Gasteiger partial charge on any atom is 0.273 e. The fraction of sp³-hybridized carbons (Fsp3) is 0.444. The van der Waals surface area contributed by atoms with Gasteiger partial charge in [-0.25, -0.2) is 0 Å². The van der Waals surface area contributed by atoms with Gasteiger partial charge < -0.3 is 14.7 Å². The van der Waals surface area contributed by atoms with Crippen molar-refractivity contribution in [3.05, 3.63) is 42.1 Å². The van der Waals surface area contributed by atoms with Crippen LogP contribution in [0.1, 0.15) is 36.2 Å². The van der Waals surface area contributed by atoms with Gasteiger partial charge in [0.1, 0.15) is 0 Å². The van der Waals surface area contributed by atoms with Crippen molar-refractivity contribution >= 4 is 5.91 Å². The first-order valence-electron chi connectivity index (χ1n) is 8.35. The Kier molecular flexibility index (Phi) is 5.42. The van der Waals surface area contributed by atoms with Crippen molar-refractivity contribution in [2.24, 2.45) is 0 Å². The highest BCUT2D eigenvalue weighted by molar-refractivity contribution is 5.93. The normalized spacial score (nSPS) is 15.0. The molecule has 2 aromatic rings. The van der Waals surface area contributed by atoms with Crippen LogP contribution in [0.5, 0.6) is 0 Å².